The average Bonchev–Trinajstić information content (AvgIpc) is 2.27. The Labute approximate surface area is 109 Å². The highest BCUT2D eigenvalue weighted by molar-refractivity contribution is 7.90. The first-order chi connectivity index (χ1) is 8.27. The molecule has 18 heavy (non-hydrogen) atoms. The van der Waals surface area contributed by atoms with E-state index in [1.807, 2.05) is 26.8 Å². The summed E-state index contributed by atoms with van der Waals surface area (Å²) in [6.07, 6.45) is 1.64. The number of sulfone groups is 1. The highest BCUT2D eigenvalue weighted by Crippen LogP contribution is 2.28. The molecule has 1 atom stereocenters. The highest BCUT2D eigenvalue weighted by atomic mass is 32.2. The molecule has 0 heterocycles. The fraction of sp³-hybridized carbons (Fsp3) is 0.500. The first kappa shape index (κ1) is 14.9. The standard InChI is InChI=1S/C14H20O3S/c1-5-13(15)14(10(2)3)11-7-6-8-12(9-11)18(4,16)17/h6-10,14H,5H2,1-4H3. The predicted octanol–water partition coefficient (Wildman–Crippen LogP) is 2.81. The Hall–Kier alpha value is -1.16. The average molecular weight is 268 g/mol. The molecule has 0 aliphatic heterocycles. The molecular formula is C14H20O3S. The van der Waals surface area contributed by atoms with Crippen molar-refractivity contribution in [2.45, 2.75) is 38.0 Å². The molecule has 0 saturated heterocycles. The van der Waals surface area contributed by atoms with E-state index in [4.69, 9.17) is 0 Å². The van der Waals surface area contributed by atoms with E-state index in [1.54, 1.807) is 18.2 Å². The molecule has 1 rings (SSSR count). The summed E-state index contributed by atoms with van der Waals surface area (Å²) in [5.41, 5.74) is 0.791. The fourth-order valence-corrected chi connectivity index (χ4v) is 2.78. The molecule has 1 aromatic carbocycles. The Bertz CT molecular complexity index is 530. The van der Waals surface area contributed by atoms with Gasteiger partial charge in [0.25, 0.3) is 0 Å². The van der Waals surface area contributed by atoms with Crippen molar-refractivity contribution in [2.75, 3.05) is 6.26 Å². The number of ketones is 1. The van der Waals surface area contributed by atoms with Crippen LogP contribution in [0.15, 0.2) is 29.2 Å². The molecule has 0 amide bonds. The number of hydrogen-bond donors (Lipinski definition) is 0. The minimum Gasteiger partial charge on any atom is -0.299 e. The molecule has 0 aliphatic rings. The largest absolute Gasteiger partial charge is 0.299 e. The molecule has 1 unspecified atom stereocenters. The molecule has 0 saturated carbocycles. The summed E-state index contributed by atoms with van der Waals surface area (Å²) >= 11 is 0. The smallest absolute Gasteiger partial charge is 0.175 e. The maximum atomic E-state index is 12.0. The SMILES string of the molecule is CCC(=O)C(c1cccc(S(C)(=O)=O)c1)C(C)C. The van der Waals surface area contributed by atoms with Gasteiger partial charge in [-0.2, -0.15) is 0 Å². The van der Waals surface area contributed by atoms with Crippen molar-refractivity contribution in [2.24, 2.45) is 5.92 Å². The van der Waals surface area contributed by atoms with Gasteiger partial charge >= 0.3 is 0 Å². The third kappa shape index (κ3) is 3.42. The molecule has 0 aliphatic carbocycles. The Morgan fingerprint density at radius 1 is 1.28 bits per heavy atom. The molecule has 4 heteroatoms. The Morgan fingerprint density at radius 2 is 1.89 bits per heavy atom. The quantitative estimate of drug-likeness (QED) is 0.825. The van der Waals surface area contributed by atoms with Crippen LogP contribution in [0.2, 0.25) is 0 Å². The first-order valence-electron chi connectivity index (χ1n) is 6.10. The topological polar surface area (TPSA) is 51.2 Å². The van der Waals surface area contributed by atoms with Crippen LogP contribution in [0.1, 0.15) is 38.7 Å². The zero-order valence-electron chi connectivity index (χ0n) is 11.3. The van der Waals surface area contributed by atoms with Gasteiger partial charge < -0.3 is 0 Å². The summed E-state index contributed by atoms with van der Waals surface area (Å²) in [6.45, 7) is 5.79. The summed E-state index contributed by atoms with van der Waals surface area (Å²) in [5, 5.41) is 0. The van der Waals surface area contributed by atoms with Gasteiger partial charge in [-0.25, -0.2) is 8.42 Å². The van der Waals surface area contributed by atoms with Gasteiger partial charge in [0.05, 0.1) is 4.90 Å². The summed E-state index contributed by atoms with van der Waals surface area (Å²) < 4.78 is 23.1. The lowest BCUT2D eigenvalue weighted by atomic mass is 9.84. The lowest BCUT2D eigenvalue weighted by Crippen LogP contribution is -2.17. The summed E-state index contributed by atoms with van der Waals surface area (Å²) in [4.78, 5) is 12.2. The molecule has 0 bridgehead atoms. The van der Waals surface area contributed by atoms with Gasteiger partial charge in [0, 0.05) is 18.6 Å². The van der Waals surface area contributed by atoms with E-state index in [1.165, 1.54) is 6.26 Å². The van der Waals surface area contributed by atoms with Crippen LogP contribution < -0.4 is 0 Å². The number of carbonyl (C=O) groups excluding carboxylic acids is 1. The normalized spacial score (nSPS) is 13.6. The molecule has 0 aromatic heterocycles. The molecule has 0 N–H and O–H groups in total. The molecule has 0 spiro atoms. The van der Waals surface area contributed by atoms with Gasteiger partial charge in [-0.1, -0.05) is 32.9 Å². The van der Waals surface area contributed by atoms with E-state index >= 15 is 0 Å². The van der Waals surface area contributed by atoms with Crippen LogP contribution in [0.25, 0.3) is 0 Å². The monoisotopic (exact) mass is 268 g/mol. The number of Topliss-reactive ketones (excluding diaryl/α,β-unsaturated/α-hetero) is 1. The van der Waals surface area contributed by atoms with Crippen molar-refractivity contribution >= 4 is 15.6 Å². The van der Waals surface area contributed by atoms with Gasteiger partial charge in [-0.05, 0) is 23.6 Å². The molecule has 3 nitrogen and oxygen atoms in total. The van der Waals surface area contributed by atoms with Gasteiger partial charge in [0.2, 0.25) is 0 Å². The third-order valence-electron chi connectivity index (χ3n) is 3.01. The number of rotatable bonds is 5. The van der Waals surface area contributed by atoms with Crippen molar-refractivity contribution in [1.29, 1.82) is 0 Å². The van der Waals surface area contributed by atoms with Gasteiger partial charge in [0.15, 0.2) is 9.84 Å². The lowest BCUT2D eigenvalue weighted by Gasteiger charge is -2.20. The summed E-state index contributed by atoms with van der Waals surface area (Å²) in [7, 11) is -3.23. The number of benzene rings is 1. The van der Waals surface area contributed by atoms with Crippen LogP contribution >= 0.6 is 0 Å². The number of carbonyl (C=O) groups is 1. The van der Waals surface area contributed by atoms with Crippen molar-refractivity contribution in [3.63, 3.8) is 0 Å². The van der Waals surface area contributed by atoms with Crippen molar-refractivity contribution in [3.05, 3.63) is 29.8 Å². The van der Waals surface area contributed by atoms with Crippen molar-refractivity contribution in [1.82, 2.24) is 0 Å². The molecular weight excluding hydrogens is 248 g/mol. The van der Waals surface area contributed by atoms with Gasteiger partial charge in [0.1, 0.15) is 5.78 Å². The Kier molecular flexibility index (Phi) is 4.68. The zero-order chi connectivity index (χ0) is 13.9. The van der Waals surface area contributed by atoms with Crippen molar-refractivity contribution in [3.8, 4) is 0 Å². The molecule has 0 fully saturated rings. The van der Waals surface area contributed by atoms with E-state index in [0.717, 1.165) is 5.56 Å². The minimum absolute atomic E-state index is 0.149. The zero-order valence-corrected chi connectivity index (χ0v) is 12.1. The molecule has 1 aromatic rings. The van der Waals surface area contributed by atoms with E-state index < -0.39 is 9.84 Å². The fourth-order valence-electron chi connectivity index (χ4n) is 2.10. The van der Waals surface area contributed by atoms with Crippen LogP contribution in [-0.2, 0) is 14.6 Å². The summed E-state index contributed by atoms with van der Waals surface area (Å²) in [6, 6.07) is 6.71. The minimum atomic E-state index is -3.23. The van der Waals surface area contributed by atoms with E-state index in [-0.39, 0.29) is 22.5 Å². The highest BCUT2D eigenvalue weighted by Gasteiger charge is 2.23. The Morgan fingerprint density at radius 3 is 2.33 bits per heavy atom. The van der Waals surface area contributed by atoms with E-state index in [2.05, 4.69) is 0 Å². The second-order valence-electron chi connectivity index (χ2n) is 4.89. The molecule has 0 radical (unpaired) electrons. The van der Waals surface area contributed by atoms with Crippen LogP contribution in [0.4, 0.5) is 0 Å². The van der Waals surface area contributed by atoms with Crippen molar-refractivity contribution < 1.29 is 13.2 Å². The first-order valence-corrected chi connectivity index (χ1v) is 7.99. The van der Waals surface area contributed by atoms with Crippen LogP contribution in [0.3, 0.4) is 0 Å². The Balaban J connectivity index is 3.27. The van der Waals surface area contributed by atoms with Crippen LogP contribution in [0, 0.1) is 5.92 Å². The maximum Gasteiger partial charge on any atom is 0.175 e. The number of hydrogen-bond acceptors (Lipinski definition) is 3. The third-order valence-corrected chi connectivity index (χ3v) is 4.12. The van der Waals surface area contributed by atoms with E-state index in [0.29, 0.717) is 6.42 Å². The second kappa shape index (κ2) is 5.65. The molecule has 100 valence electrons. The van der Waals surface area contributed by atoms with E-state index in [9.17, 15) is 13.2 Å². The lowest BCUT2D eigenvalue weighted by molar-refractivity contribution is -0.121. The van der Waals surface area contributed by atoms with Gasteiger partial charge in [-0.15, -0.1) is 0 Å². The maximum absolute atomic E-state index is 12.0. The summed E-state index contributed by atoms with van der Waals surface area (Å²) in [5.74, 6) is 0.0830. The van der Waals surface area contributed by atoms with Crippen LogP contribution in [-0.4, -0.2) is 20.5 Å². The van der Waals surface area contributed by atoms with Crippen LogP contribution in [0.5, 0.6) is 0 Å². The predicted molar refractivity (Wildman–Crippen MR) is 72.4 cm³/mol. The second-order valence-corrected chi connectivity index (χ2v) is 6.90. The van der Waals surface area contributed by atoms with Gasteiger partial charge in [-0.3, -0.25) is 4.79 Å².